The van der Waals surface area contributed by atoms with Crippen LogP contribution in [0.5, 0.6) is 0 Å². The van der Waals surface area contributed by atoms with Gasteiger partial charge in [-0.2, -0.15) is 5.10 Å². The number of rotatable bonds is 3. The van der Waals surface area contributed by atoms with Crippen LogP contribution in [0.1, 0.15) is 30.4 Å². The largest absolute Gasteiger partial charge is 0.369 e. The van der Waals surface area contributed by atoms with Crippen LogP contribution in [0.4, 0.5) is 4.39 Å². The number of aromatic nitrogens is 2. The molecule has 0 radical (unpaired) electrons. The van der Waals surface area contributed by atoms with Gasteiger partial charge in [-0.15, -0.1) is 0 Å². The number of carbonyl (C=O) groups is 1. The van der Waals surface area contributed by atoms with Gasteiger partial charge in [0.1, 0.15) is 11.5 Å². The number of carbonyl (C=O) groups excluding carboxylic acids is 1. The molecule has 31 heavy (non-hydrogen) atoms. The smallest absolute Gasteiger partial charge is 0.267 e. The number of piperidine rings is 1. The summed E-state index contributed by atoms with van der Waals surface area (Å²) in [7, 11) is 2.99. The first-order valence-corrected chi connectivity index (χ1v) is 9.83. The zero-order valence-corrected chi connectivity index (χ0v) is 17.2. The highest BCUT2D eigenvalue weighted by molar-refractivity contribution is 5.89. The van der Waals surface area contributed by atoms with E-state index in [9.17, 15) is 19.4 Å². The van der Waals surface area contributed by atoms with Gasteiger partial charge < -0.3 is 19.8 Å². The number of fused-ring (bicyclic) bond motifs is 1. The van der Waals surface area contributed by atoms with Gasteiger partial charge >= 0.3 is 0 Å². The quantitative estimate of drug-likeness (QED) is 0.498. The third-order valence-corrected chi connectivity index (χ3v) is 5.37. The first-order valence-electron chi connectivity index (χ1n) is 9.83. The summed E-state index contributed by atoms with van der Waals surface area (Å²) < 4.78 is 20.4. The Morgan fingerprint density at radius 1 is 1.29 bits per heavy atom. The molecule has 1 aliphatic heterocycles. The Morgan fingerprint density at radius 2 is 2.10 bits per heavy atom. The summed E-state index contributed by atoms with van der Waals surface area (Å²) in [6, 6.07) is 11.1. The van der Waals surface area contributed by atoms with Crippen LogP contribution in [0.25, 0.3) is 16.6 Å². The molecule has 4 rings (SSSR count). The monoisotopic (exact) mass is 423 g/mol. The molecule has 1 aromatic heterocycles. The second-order valence-corrected chi connectivity index (χ2v) is 7.54. The number of nitrogens with zero attached hydrogens (tertiary/aromatic N) is 3. The molecular formula is C23H22FN3O4. The number of aliphatic hydroxyl groups is 2. The number of likely N-dealkylation sites (N-methyl/N-ethyl adjacent to an activating group) is 1. The van der Waals surface area contributed by atoms with Crippen molar-refractivity contribution >= 4 is 16.8 Å². The zero-order valence-electron chi connectivity index (χ0n) is 17.2. The molecule has 1 fully saturated rings. The zero-order chi connectivity index (χ0) is 22.2. The van der Waals surface area contributed by atoms with Crippen molar-refractivity contribution in [1.29, 1.82) is 0 Å². The minimum absolute atomic E-state index is 0.263. The van der Waals surface area contributed by atoms with Crippen LogP contribution >= 0.6 is 0 Å². The number of aliphatic hydroxyl groups excluding tert-OH is 1. The van der Waals surface area contributed by atoms with E-state index in [1.165, 1.54) is 34.9 Å². The van der Waals surface area contributed by atoms with Gasteiger partial charge in [0.2, 0.25) is 11.9 Å². The van der Waals surface area contributed by atoms with Crippen LogP contribution in [0, 0.1) is 17.7 Å². The van der Waals surface area contributed by atoms with Crippen molar-refractivity contribution in [2.45, 2.75) is 24.7 Å². The Morgan fingerprint density at radius 3 is 2.87 bits per heavy atom. The Labute approximate surface area is 178 Å². The first-order chi connectivity index (χ1) is 14.8. The summed E-state index contributed by atoms with van der Waals surface area (Å²) in [5.74, 6) is 4.75. The number of hydrogen-bond acceptors (Lipinski definition) is 5. The minimum atomic E-state index is -1.71. The second-order valence-electron chi connectivity index (χ2n) is 7.54. The van der Waals surface area contributed by atoms with Crippen molar-refractivity contribution in [3.63, 3.8) is 0 Å². The maximum atomic E-state index is 13.9. The number of methoxy groups -OCH3 is 1. The standard InChI is InChI=1S/C23H22FN3O4/c1-26-12-4-10-23(30,22(26)29)11-9-15-5-3-6-17(13-15)27-19-14-16(24)7-8-18(19)20(25-27)21(28)31-2/h3,5-8,13-14,21,28,30H,4,10,12H2,1-2H3. The fourth-order valence-electron chi connectivity index (χ4n) is 3.71. The molecule has 2 heterocycles. The van der Waals surface area contributed by atoms with Crippen molar-refractivity contribution in [3.05, 3.63) is 59.5 Å². The average Bonchev–Trinajstić information content (AvgIpc) is 3.14. The van der Waals surface area contributed by atoms with Crippen LogP contribution in [0.2, 0.25) is 0 Å². The molecule has 0 bridgehead atoms. The summed E-state index contributed by atoms with van der Waals surface area (Å²) in [4.78, 5) is 13.8. The van der Waals surface area contributed by atoms with E-state index in [2.05, 4.69) is 16.9 Å². The van der Waals surface area contributed by atoms with E-state index < -0.39 is 23.6 Å². The number of likely N-dealkylation sites (tertiary alicyclic amines) is 1. The molecule has 2 unspecified atom stereocenters. The molecule has 160 valence electrons. The van der Waals surface area contributed by atoms with Crippen LogP contribution < -0.4 is 0 Å². The topological polar surface area (TPSA) is 87.8 Å². The van der Waals surface area contributed by atoms with Crippen molar-refractivity contribution in [1.82, 2.24) is 14.7 Å². The molecule has 1 amide bonds. The highest BCUT2D eigenvalue weighted by Crippen LogP contribution is 2.28. The normalized spacial score (nSPS) is 19.9. The summed E-state index contributed by atoms with van der Waals surface area (Å²) >= 11 is 0. The van der Waals surface area contributed by atoms with Crippen molar-refractivity contribution < 1.29 is 24.1 Å². The molecule has 3 aromatic rings. The molecule has 1 saturated heterocycles. The molecule has 0 spiro atoms. The molecule has 7 nitrogen and oxygen atoms in total. The Bertz CT molecular complexity index is 1210. The average molecular weight is 423 g/mol. The molecule has 2 aromatic carbocycles. The van der Waals surface area contributed by atoms with Gasteiger partial charge in [-0.25, -0.2) is 9.07 Å². The highest BCUT2D eigenvalue weighted by Gasteiger charge is 2.39. The SMILES string of the molecule is COC(O)c1nn(-c2cccc(C#CC3(O)CCCN(C)C3=O)c2)c2cc(F)ccc12. The van der Waals surface area contributed by atoms with E-state index >= 15 is 0 Å². The Hall–Kier alpha value is -3.25. The molecule has 1 aliphatic rings. The Kier molecular flexibility index (Phi) is 5.50. The van der Waals surface area contributed by atoms with Crippen LogP contribution in [0.3, 0.4) is 0 Å². The molecular weight excluding hydrogens is 401 g/mol. The molecule has 2 N–H and O–H groups in total. The lowest BCUT2D eigenvalue weighted by atomic mass is 9.92. The maximum absolute atomic E-state index is 13.9. The van der Waals surface area contributed by atoms with E-state index in [1.54, 1.807) is 31.3 Å². The van der Waals surface area contributed by atoms with E-state index in [0.717, 1.165) is 0 Å². The van der Waals surface area contributed by atoms with Crippen molar-refractivity contribution in [2.24, 2.45) is 0 Å². The third-order valence-electron chi connectivity index (χ3n) is 5.37. The number of ether oxygens (including phenoxy) is 1. The number of benzene rings is 2. The van der Waals surface area contributed by atoms with Gasteiger partial charge in [0.15, 0.2) is 0 Å². The van der Waals surface area contributed by atoms with Crippen LogP contribution in [0.15, 0.2) is 42.5 Å². The molecule has 8 heteroatoms. The number of halogens is 1. The fourth-order valence-corrected chi connectivity index (χ4v) is 3.71. The predicted molar refractivity (Wildman–Crippen MR) is 112 cm³/mol. The third kappa shape index (κ3) is 3.91. The summed E-state index contributed by atoms with van der Waals surface area (Å²) in [5, 5.41) is 25.8. The molecule has 0 saturated carbocycles. The second kappa shape index (κ2) is 8.12. The van der Waals surface area contributed by atoms with Crippen LogP contribution in [-0.2, 0) is 9.53 Å². The van der Waals surface area contributed by atoms with E-state index in [4.69, 9.17) is 4.74 Å². The van der Waals surface area contributed by atoms with Gasteiger partial charge in [-0.3, -0.25) is 4.79 Å². The maximum Gasteiger partial charge on any atom is 0.267 e. The van der Waals surface area contributed by atoms with Gasteiger partial charge in [-0.1, -0.05) is 17.9 Å². The summed E-state index contributed by atoms with van der Waals surface area (Å²) in [5.41, 5.74) is 0.148. The van der Waals surface area contributed by atoms with E-state index in [-0.39, 0.29) is 12.1 Å². The summed E-state index contributed by atoms with van der Waals surface area (Å²) in [6.07, 6.45) is -0.312. The predicted octanol–water partition coefficient (Wildman–Crippen LogP) is 2.14. The van der Waals surface area contributed by atoms with Crippen LogP contribution in [-0.4, -0.2) is 57.1 Å². The van der Waals surface area contributed by atoms with E-state index in [1.807, 2.05) is 0 Å². The number of hydrogen-bond donors (Lipinski definition) is 2. The van der Waals surface area contributed by atoms with E-state index in [0.29, 0.717) is 35.1 Å². The van der Waals surface area contributed by atoms with Gasteiger partial charge in [0.05, 0.1) is 11.2 Å². The van der Waals surface area contributed by atoms with Gasteiger partial charge in [-0.05, 0) is 43.2 Å². The first kappa shape index (κ1) is 21.0. The molecule has 0 aliphatic carbocycles. The lowest BCUT2D eigenvalue weighted by Crippen LogP contribution is -2.51. The summed E-state index contributed by atoms with van der Waals surface area (Å²) in [6.45, 7) is 0.594. The van der Waals surface area contributed by atoms with Gasteiger partial charge in [0, 0.05) is 37.7 Å². The lowest BCUT2D eigenvalue weighted by Gasteiger charge is -2.32. The van der Waals surface area contributed by atoms with Gasteiger partial charge in [0.25, 0.3) is 5.91 Å². The lowest BCUT2D eigenvalue weighted by molar-refractivity contribution is -0.148. The van der Waals surface area contributed by atoms with Crippen molar-refractivity contribution in [2.75, 3.05) is 20.7 Å². The highest BCUT2D eigenvalue weighted by atomic mass is 19.1. The molecule has 2 atom stereocenters. The number of amides is 1. The Balaban J connectivity index is 1.76. The minimum Gasteiger partial charge on any atom is -0.369 e. The van der Waals surface area contributed by atoms with Crippen molar-refractivity contribution in [3.8, 4) is 17.5 Å². The fraction of sp³-hybridized carbons (Fsp3) is 0.304.